The molecule has 0 spiro atoms. The Morgan fingerprint density at radius 1 is 1.41 bits per heavy atom. The maximum absolute atomic E-state index is 6.47. The fraction of sp³-hybridized carbons (Fsp3) is 0.857. The van der Waals surface area contributed by atoms with Gasteiger partial charge in [0.25, 0.3) is 0 Å². The SMILES string of the molecule is CC[C@@H](O[Si](C)(C)C(C)(C)C)[C@H]1CCC=CO1. The van der Waals surface area contributed by atoms with Gasteiger partial charge in [0.05, 0.1) is 12.4 Å². The van der Waals surface area contributed by atoms with Crippen molar-refractivity contribution in [3.63, 3.8) is 0 Å². The number of rotatable bonds is 4. The summed E-state index contributed by atoms with van der Waals surface area (Å²) >= 11 is 0. The van der Waals surface area contributed by atoms with Gasteiger partial charge >= 0.3 is 0 Å². The summed E-state index contributed by atoms with van der Waals surface area (Å²) in [7, 11) is -1.68. The Balaban J connectivity index is 2.66. The van der Waals surface area contributed by atoms with E-state index in [-0.39, 0.29) is 17.2 Å². The van der Waals surface area contributed by atoms with Crippen molar-refractivity contribution < 1.29 is 9.16 Å². The van der Waals surface area contributed by atoms with Crippen molar-refractivity contribution in [3.05, 3.63) is 12.3 Å². The summed E-state index contributed by atoms with van der Waals surface area (Å²) in [5.74, 6) is 0. The first kappa shape index (κ1) is 14.8. The first-order valence-corrected chi connectivity index (χ1v) is 9.67. The molecule has 0 aromatic carbocycles. The Morgan fingerprint density at radius 2 is 2.06 bits per heavy atom. The number of hydrogen-bond donors (Lipinski definition) is 0. The van der Waals surface area contributed by atoms with Gasteiger partial charge in [-0.1, -0.05) is 27.7 Å². The van der Waals surface area contributed by atoms with Crippen molar-refractivity contribution in [2.45, 2.75) is 77.3 Å². The van der Waals surface area contributed by atoms with Crippen molar-refractivity contribution in [2.24, 2.45) is 0 Å². The Bertz CT molecular complexity index is 266. The van der Waals surface area contributed by atoms with E-state index >= 15 is 0 Å². The van der Waals surface area contributed by atoms with E-state index in [1.54, 1.807) is 0 Å². The molecule has 17 heavy (non-hydrogen) atoms. The van der Waals surface area contributed by atoms with Crippen LogP contribution < -0.4 is 0 Å². The molecule has 0 fully saturated rings. The highest BCUT2D eigenvalue weighted by atomic mass is 28.4. The first-order valence-electron chi connectivity index (χ1n) is 6.76. The molecule has 0 unspecified atom stereocenters. The molecule has 1 aliphatic heterocycles. The molecule has 1 heterocycles. The third-order valence-electron chi connectivity index (χ3n) is 4.04. The van der Waals surface area contributed by atoms with Crippen LogP contribution in [0.3, 0.4) is 0 Å². The summed E-state index contributed by atoms with van der Waals surface area (Å²) in [5.41, 5.74) is 0. The second-order valence-corrected chi connectivity index (χ2v) is 11.2. The lowest BCUT2D eigenvalue weighted by Crippen LogP contribution is -2.47. The molecular formula is C14H28O2Si. The van der Waals surface area contributed by atoms with Crippen LogP contribution in [0.4, 0.5) is 0 Å². The van der Waals surface area contributed by atoms with Gasteiger partial charge in [0, 0.05) is 0 Å². The summed E-state index contributed by atoms with van der Waals surface area (Å²) in [6.07, 6.45) is 7.66. The zero-order valence-electron chi connectivity index (χ0n) is 12.2. The molecule has 0 aromatic heterocycles. The summed E-state index contributed by atoms with van der Waals surface area (Å²) < 4.78 is 12.2. The predicted octanol–water partition coefficient (Wildman–Crippen LogP) is 4.48. The smallest absolute Gasteiger partial charge is 0.192 e. The molecule has 0 saturated carbocycles. The minimum atomic E-state index is -1.68. The van der Waals surface area contributed by atoms with Crippen molar-refractivity contribution in [2.75, 3.05) is 0 Å². The van der Waals surface area contributed by atoms with Crippen LogP contribution in [0, 0.1) is 0 Å². The van der Waals surface area contributed by atoms with Crippen LogP contribution in [-0.2, 0) is 9.16 Å². The van der Waals surface area contributed by atoms with Gasteiger partial charge in [-0.15, -0.1) is 0 Å². The van der Waals surface area contributed by atoms with Crippen LogP contribution in [0.15, 0.2) is 12.3 Å². The molecule has 0 aromatic rings. The van der Waals surface area contributed by atoms with Gasteiger partial charge in [-0.25, -0.2) is 0 Å². The Morgan fingerprint density at radius 3 is 2.47 bits per heavy atom. The highest BCUT2D eigenvalue weighted by Crippen LogP contribution is 2.38. The van der Waals surface area contributed by atoms with Crippen LogP contribution in [0.25, 0.3) is 0 Å². The van der Waals surface area contributed by atoms with Crippen LogP contribution in [0.1, 0.15) is 47.0 Å². The zero-order chi connectivity index (χ0) is 13.1. The Hall–Kier alpha value is -0.283. The average Bonchev–Trinajstić information content (AvgIpc) is 2.25. The lowest BCUT2D eigenvalue weighted by atomic mass is 10.1. The fourth-order valence-corrected chi connectivity index (χ4v) is 3.23. The summed E-state index contributed by atoms with van der Waals surface area (Å²) in [4.78, 5) is 0. The molecule has 2 nitrogen and oxygen atoms in total. The quantitative estimate of drug-likeness (QED) is 0.690. The molecule has 0 bridgehead atoms. The van der Waals surface area contributed by atoms with Gasteiger partial charge in [0.15, 0.2) is 8.32 Å². The molecule has 1 rings (SSSR count). The molecule has 0 amide bonds. The van der Waals surface area contributed by atoms with E-state index in [4.69, 9.17) is 9.16 Å². The maximum atomic E-state index is 6.47. The van der Waals surface area contributed by atoms with Crippen LogP contribution in [0.5, 0.6) is 0 Å². The van der Waals surface area contributed by atoms with E-state index in [0.29, 0.717) is 0 Å². The normalized spacial score (nSPS) is 23.3. The molecule has 0 saturated heterocycles. The van der Waals surface area contributed by atoms with E-state index in [0.717, 1.165) is 19.3 Å². The largest absolute Gasteiger partial charge is 0.496 e. The standard InChI is InChI=1S/C14H28O2Si/c1-7-12(13-10-8-9-11-15-13)16-17(5,6)14(2,3)4/h9,11-13H,7-8,10H2,1-6H3/t12-,13-/m1/s1. The van der Waals surface area contributed by atoms with Gasteiger partial charge in [-0.2, -0.15) is 0 Å². The van der Waals surface area contributed by atoms with E-state index in [1.807, 2.05) is 6.26 Å². The number of allylic oxidation sites excluding steroid dienone is 1. The monoisotopic (exact) mass is 256 g/mol. The van der Waals surface area contributed by atoms with Crippen LogP contribution >= 0.6 is 0 Å². The van der Waals surface area contributed by atoms with Gasteiger partial charge in [0.2, 0.25) is 0 Å². The molecule has 0 radical (unpaired) electrons. The lowest BCUT2D eigenvalue weighted by Gasteiger charge is -2.41. The average molecular weight is 256 g/mol. The van der Waals surface area contributed by atoms with E-state index in [2.05, 4.69) is 46.9 Å². The predicted molar refractivity (Wildman–Crippen MR) is 75.6 cm³/mol. The van der Waals surface area contributed by atoms with Gasteiger partial charge in [-0.05, 0) is 43.5 Å². The first-order chi connectivity index (χ1) is 7.78. The minimum Gasteiger partial charge on any atom is -0.496 e. The lowest BCUT2D eigenvalue weighted by molar-refractivity contribution is 0.00390. The highest BCUT2D eigenvalue weighted by Gasteiger charge is 2.40. The van der Waals surface area contributed by atoms with Crippen LogP contribution in [0.2, 0.25) is 18.1 Å². The molecule has 100 valence electrons. The van der Waals surface area contributed by atoms with E-state index in [1.165, 1.54) is 0 Å². The highest BCUT2D eigenvalue weighted by molar-refractivity contribution is 6.74. The van der Waals surface area contributed by atoms with Crippen LogP contribution in [-0.4, -0.2) is 20.5 Å². The molecule has 0 N–H and O–H groups in total. The van der Waals surface area contributed by atoms with E-state index < -0.39 is 8.32 Å². The molecule has 0 aliphatic carbocycles. The van der Waals surface area contributed by atoms with Crippen molar-refractivity contribution >= 4 is 8.32 Å². The molecule has 3 heteroatoms. The topological polar surface area (TPSA) is 18.5 Å². The maximum Gasteiger partial charge on any atom is 0.192 e. The Labute approximate surface area is 108 Å². The summed E-state index contributed by atoms with van der Waals surface area (Å²) in [6.45, 7) is 13.7. The third-order valence-corrected chi connectivity index (χ3v) is 8.54. The van der Waals surface area contributed by atoms with Gasteiger partial charge in [-0.3, -0.25) is 0 Å². The molecular weight excluding hydrogens is 228 g/mol. The zero-order valence-corrected chi connectivity index (χ0v) is 13.2. The third kappa shape index (κ3) is 3.85. The fourth-order valence-electron chi connectivity index (χ4n) is 1.80. The molecule has 2 atom stereocenters. The van der Waals surface area contributed by atoms with E-state index in [9.17, 15) is 0 Å². The second kappa shape index (κ2) is 5.57. The molecule has 1 aliphatic rings. The summed E-state index contributed by atoms with van der Waals surface area (Å²) in [5, 5.41) is 0.269. The minimum absolute atomic E-state index is 0.249. The second-order valence-electron chi connectivity index (χ2n) is 6.45. The Kier molecular flexibility index (Phi) is 4.84. The van der Waals surface area contributed by atoms with Crippen molar-refractivity contribution in [3.8, 4) is 0 Å². The van der Waals surface area contributed by atoms with Crippen molar-refractivity contribution in [1.29, 1.82) is 0 Å². The van der Waals surface area contributed by atoms with Gasteiger partial charge in [0.1, 0.15) is 6.10 Å². The van der Waals surface area contributed by atoms with Gasteiger partial charge < -0.3 is 9.16 Å². The number of ether oxygens (including phenoxy) is 1. The number of hydrogen-bond acceptors (Lipinski definition) is 2. The van der Waals surface area contributed by atoms with Crippen molar-refractivity contribution in [1.82, 2.24) is 0 Å². The summed E-state index contributed by atoms with van der Waals surface area (Å²) in [6, 6.07) is 0.